The third-order valence-corrected chi connectivity index (χ3v) is 3.83. The molecule has 0 aromatic carbocycles. The first kappa shape index (κ1) is 17.5. The van der Waals surface area contributed by atoms with Gasteiger partial charge in [0.2, 0.25) is 0 Å². The van der Waals surface area contributed by atoms with Crippen LogP contribution in [0.15, 0.2) is 39.9 Å². The van der Waals surface area contributed by atoms with E-state index in [1.807, 2.05) is 28.8 Å². The molecule has 0 unspecified atom stereocenters. The second-order valence-corrected chi connectivity index (χ2v) is 5.50. The molecule has 0 fully saturated rings. The molecule has 9 nitrogen and oxygen atoms in total. The van der Waals surface area contributed by atoms with Crippen LogP contribution < -0.4 is 10.6 Å². The minimum Gasteiger partial charge on any atom is -0.465 e. The Morgan fingerprint density at radius 1 is 1.31 bits per heavy atom. The molecule has 0 amide bonds. The number of nitrogens with zero attached hydrogens (tertiary/aromatic N) is 4. The summed E-state index contributed by atoms with van der Waals surface area (Å²) in [7, 11) is 3.01. The van der Waals surface area contributed by atoms with Crippen LogP contribution in [-0.2, 0) is 17.8 Å². The Morgan fingerprint density at radius 3 is 2.88 bits per heavy atom. The summed E-state index contributed by atoms with van der Waals surface area (Å²) in [4.78, 5) is 15.8. The maximum atomic E-state index is 11.6. The highest BCUT2D eigenvalue weighted by Gasteiger charge is 2.15. The largest absolute Gasteiger partial charge is 0.465 e. The Labute approximate surface area is 150 Å². The molecule has 0 saturated heterocycles. The molecule has 3 aromatic rings. The molecular formula is C17H20N6O3. The first-order valence-corrected chi connectivity index (χ1v) is 8.03. The average molecular weight is 356 g/mol. The van der Waals surface area contributed by atoms with Crippen LogP contribution in [0.3, 0.4) is 0 Å². The highest BCUT2D eigenvalue weighted by molar-refractivity contribution is 5.90. The van der Waals surface area contributed by atoms with Crippen LogP contribution in [-0.4, -0.2) is 40.7 Å². The van der Waals surface area contributed by atoms with Gasteiger partial charge in [-0.2, -0.15) is 0 Å². The van der Waals surface area contributed by atoms with E-state index in [1.165, 1.54) is 7.11 Å². The van der Waals surface area contributed by atoms with Gasteiger partial charge < -0.3 is 19.8 Å². The molecule has 9 heteroatoms. The third-order valence-electron chi connectivity index (χ3n) is 3.83. The van der Waals surface area contributed by atoms with Crippen molar-refractivity contribution in [2.75, 3.05) is 14.2 Å². The lowest BCUT2D eigenvalue weighted by Crippen LogP contribution is -2.36. The van der Waals surface area contributed by atoms with Gasteiger partial charge in [-0.3, -0.25) is 9.39 Å². The van der Waals surface area contributed by atoms with Gasteiger partial charge in [0, 0.05) is 13.2 Å². The highest BCUT2D eigenvalue weighted by atomic mass is 16.5. The lowest BCUT2D eigenvalue weighted by molar-refractivity contribution is 0.0599. The van der Waals surface area contributed by atoms with Crippen molar-refractivity contribution < 1.29 is 13.9 Å². The van der Waals surface area contributed by atoms with Crippen LogP contribution in [0.2, 0.25) is 0 Å². The van der Waals surface area contributed by atoms with Crippen LogP contribution in [0.25, 0.3) is 5.65 Å². The quantitative estimate of drug-likeness (QED) is 0.403. The summed E-state index contributed by atoms with van der Waals surface area (Å²) in [6.07, 6.45) is 1.91. The molecular weight excluding hydrogens is 336 g/mol. The van der Waals surface area contributed by atoms with E-state index < -0.39 is 5.97 Å². The summed E-state index contributed by atoms with van der Waals surface area (Å²) < 4.78 is 12.2. The lowest BCUT2D eigenvalue weighted by atomic mass is 10.2. The van der Waals surface area contributed by atoms with Gasteiger partial charge in [0.25, 0.3) is 0 Å². The first-order valence-electron chi connectivity index (χ1n) is 8.03. The maximum Gasteiger partial charge on any atom is 0.341 e. The number of methoxy groups -OCH3 is 1. The second-order valence-electron chi connectivity index (χ2n) is 5.50. The minimum absolute atomic E-state index is 0.373. The van der Waals surface area contributed by atoms with Crippen molar-refractivity contribution in [3.63, 3.8) is 0 Å². The van der Waals surface area contributed by atoms with Gasteiger partial charge in [0.05, 0.1) is 20.2 Å². The fourth-order valence-electron chi connectivity index (χ4n) is 2.51. The monoisotopic (exact) mass is 356 g/mol. The average Bonchev–Trinajstić information content (AvgIpc) is 3.24. The molecule has 0 bridgehead atoms. The van der Waals surface area contributed by atoms with E-state index in [4.69, 9.17) is 9.15 Å². The minimum atomic E-state index is -0.418. The van der Waals surface area contributed by atoms with Gasteiger partial charge in [0.15, 0.2) is 17.4 Å². The molecule has 0 atom stereocenters. The number of nitrogens with one attached hydrogen (secondary N) is 2. The Balaban J connectivity index is 1.59. The number of pyridine rings is 1. The molecule has 2 N–H and O–H groups in total. The molecule has 136 valence electrons. The van der Waals surface area contributed by atoms with E-state index in [1.54, 1.807) is 20.0 Å². The van der Waals surface area contributed by atoms with Crippen molar-refractivity contribution in [2.45, 2.75) is 20.0 Å². The SMILES string of the molecule is CN=C(NCc1cc(C(=O)OC)c(C)o1)NCc1nnc2ccccn12. The zero-order valence-electron chi connectivity index (χ0n) is 14.8. The number of carbonyl (C=O) groups is 1. The number of hydrogen-bond acceptors (Lipinski definition) is 6. The molecule has 0 saturated carbocycles. The zero-order chi connectivity index (χ0) is 18.5. The van der Waals surface area contributed by atoms with Crippen molar-refractivity contribution in [3.05, 3.63) is 53.4 Å². The van der Waals surface area contributed by atoms with Crippen LogP contribution >= 0.6 is 0 Å². The van der Waals surface area contributed by atoms with Crippen molar-refractivity contribution in [1.82, 2.24) is 25.2 Å². The summed E-state index contributed by atoms with van der Waals surface area (Å²) in [6.45, 7) is 2.55. The number of hydrogen-bond donors (Lipinski definition) is 2. The third kappa shape index (κ3) is 3.66. The van der Waals surface area contributed by atoms with Gasteiger partial charge in [-0.15, -0.1) is 10.2 Å². The molecule has 26 heavy (non-hydrogen) atoms. The lowest BCUT2D eigenvalue weighted by Gasteiger charge is -2.10. The number of aliphatic imine (C=N–C) groups is 1. The number of rotatable bonds is 5. The van der Waals surface area contributed by atoms with Crippen molar-refractivity contribution in [3.8, 4) is 0 Å². The van der Waals surface area contributed by atoms with Crippen LogP contribution in [0, 0.1) is 6.92 Å². The van der Waals surface area contributed by atoms with Crippen molar-refractivity contribution >= 4 is 17.6 Å². The topological polar surface area (TPSA) is 106 Å². The van der Waals surface area contributed by atoms with Gasteiger partial charge in [0.1, 0.15) is 17.1 Å². The number of aryl methyl sites for hydroxylation is 1. The van der Waals surface area contributed by atoms with Gasteiger partial charge in [-0.1, -0.05) is 6.07 Å². The zero-order valence-corrected chi connectivity index (χ0v) is 14.8. The Hall–Kier alpha value is -3.36. The summed E-state index contributed by atoms with van der Waals surface area (Å²) in [5.74, 6) is 2.06. The molecule has 0 aliphatic carbocycles. The summed E-state index contributed by atoms with van der Waals surface area (Å²) >= 11 is 0. The molecule has 3 heterocycles. The Kier molecular flexibility index (Phi) is 5.16. The van der Waals surface area contributed by atoms with Crippen LogP contribution in [0.4, 0.5) is 0 Å². The Morgan fingerprint density at radius 2 is 2.12 bits per heavy atom. The molecule has 0 radical (unpaired) electrons. The first-order chi connectivity index (χ1) is 12.6. The standard InChI is InChI=1S/C17H20N6O3/c1-11-13(16(24)25-3)8-12(26-11)9-19-17(18-2)20-10-15-22-21-14-6-4-5-7-23(14)15/h4-8H,9-10H2,1-3H3,(H2,18,19,20). The summed E-state index contributed by atoms with van der Waals surface area (Å²) in [5.41, 5.74) is 1.20. The number of ether oxygens (including phenoxy) is 1. The van der Waals surface area contributed by atoms with Crippen LogP contribution in [0.1, 0.15) is 27.7 Å². The number of carbonyl (C=O) groups excluding carboxylic acids is 1. The Bertz CT molecular complexity index is 943. The predicted octanol–water partition coefficient (Wildman–Crippen LogP) is 1.28. The van der Waals surface area contributed by atoms with E-state index in [-0.39, 0.29) is 0 Å². The fraction of sp³-hybridized carbons (Fsp3) is 0.294. The van der Waals surface area contributed by atoms with E-state index in [0.29, 0.717) is 36.1 Å². The molecule has 0 aliphatic rings. The van der Waals surface area contributed by atoms with E-state index >= 15 is 0 Å². The number of aromatic nitrogens is 3. The second kappa shape index (κ2) is 7.68. The van der Waals surface area contributed by atoms with E-state index in [0.717, 1.165) is 11.5 Å². The summed E-state index contributed by atoms with van der Waals surface area (Å²) in [5, 5.41) is 14.6. The fourth-order valence-corrected chi connectivity index (χ4v) is 2.51. The molecule has 0 aliphatic heterocycles. The van der Waals surface area contributed by atoms with Gasteiger partial charge >= 0.3 is 5.97 Å². The predicted molar refractivity (Wildman–Crippen MR) is 94.8 cm³/mol. The van der Waals surface area contributed by atoms with Gasteiger partial charge in [-0.05, 0) is 25.1 Å². The smallest absolute Gasteiger partial charge is 0.341 e. The molecule has 3 aromatic heterocycles. The van der Waals surface area contributed by atoms with Crippen LogP contribution in [0.5, 0.6) is 0 Å². The van der Waals surface area contributed by atoms with Crippen molar-refractivity contribution in [1.29, 1.82) is 0 Å². The van der Waals surface area contributed by atoms with Crippen molar-refractivity contribution in [2.24, 2.45) is 4.99 Å². The molecule has 3 rings (SSSR count). The number of furan rings is 1. The molecule has 0 spiro atoms. The van der Waals surface area contributed by atoms with E-state index in [2.05, 4.69) is 25.8 Å². The number of esters is 1. The number of guanidine groups is 1. The maximum absolute atomic E-state index is 11.6. The van der Waals surface area contributed by atoms with E-state index in [9.17, 15) is 4.79 Å². The normalized spacial score (nSPS) is 11.6. The number of fused-ring (bicyclic) bond motifs is 1. The highest BCUT2D eigenvalue weighted by Crippen LogP contribution is 2.15. The van der Waals surface area contributed by atoms with Gasteiger partial charge in [-0.25, -0.2) is 4.79 Å². The summed E-state index contributed by atoms with van der Waals surface area (Å²) in [6, 6.07) is 7.38.